The van der Waals surface area contributed by atoms with Crippen molar-refractivity contribution in [2.45, 2.75) is 173 Å². The molecule has 0 aliphatic carbocycles. The maximum absolute atomic E-state index is 14.4. The number of epoxide rings is 1. The van der Waals surface area contributed by atoms with E-state index in [1.54, 1.807) is 53.0 Å². The van der Waals surface area contributed by atoms with Crippen molar-refractivity contribution in [2.75, 3.05) is 30.9 Å². The number of benzene rings is 2. The minimum atomic E-state index is -1.65. The number of nitrogens with one attached hydrogen (secondary N) is 3. The molecule has 22 nitrogen and oxygen atoms in total. The van der Waals surface area contributed by atoms with Crippen molar-refractivity contribution >= 4 is 93.8 Å². The number of ether oxygens (including phenoxy) is 4. The number of aliphatic hydroxyl groups is 1. The average Bonchev–Trinajstić information content (AvgIpc) is 1.92. The van der Waals surface area contributed by atoms with E-state index in [2.05, 4.69) is 16.0 Å². The summed E-state index contributed by atoms with van der Waals surface area (Å²) in [4.78, 5) is 136. The van der Waals surface area contributed by atoms with Crippen LogP contribution >= 0.6 is 23.2 Å². The molecule has 4 aliphatic heterocycles. The van der Waals surface area contributed by atoms with Crippen LogP contribution in [0.3, 0.4) is 0 Å². The van der Waals surface area contributed by atoms with Gasteiger partial charge in [0.1, 0.15) is 35.3 Å². The number of halogens is 2. The summed E-state index contributed by atoms with van der Waals surface area (Å²) in [5.74, 6) is -6.07. The van der Waals surface area contributed by atoms with Crippen molar-refractivity contribution in [2.24, 2.45) is 23.5 Å². The van der Waals surface area contributed by atoms with Crippen LogP contribution in [-0.2, 0) is 75.0 Å². The largest absolute Gasteiger partial charge is 0.462 e. The lowest BCUT2D eigenvalue weighted by Gasteiger charge is -2.41. The van der Waals surface area contributed by atoms with E-state index in [9.17, 15) is 53.1 Å². The van der Waals surface area contributed by atoms with Crippen molar-refractivity contribution in [3.63, 3.8) is 0 Å². The van der Waals surface area contributed by atoms with E-state index in [-0.39, 0.29) is 112 Å². The minimum Gasteiger partial charge on any atom is -0.462 e. The van der Waals surface area contributed by atoms with Crippen molar-refractivity contribution in [3.8, 4) is 0 Å². The zero-order chi connectivity index (χ0) is 61.1. The van der Waals surface area contributed by atoms with Gasteiger partial charge in [-0.3, -0.25) is 38.9 Å². The van der Waals surface area contributed by atoms with Gasteiger partial charge in [-0.15, -0.1) is 5.06 Å². The first-order chi connectivity index (χ1) is 39.1. The highest BCUT2D eigenvalue weighted by atomic mass is 35.5. The lowest BCUT2D eigenvalue weighted by Crippen LogP contribution is -2.53. The monoisotopic (exact) mass is 1190 g/mol. The summed E-state index contributed by atoms with van der Waals surface area (Å²) >= 11 is 13.6. The number of carbonyl (C=O) groups excluding carboxylic acids is 10. The molecule has 4 bridgehead atoms. The molecule has 2 aromatic carbocycles. The summed E-state index contributed by atoms with van der Waals surface area (Å²) in [5, 5.41) is 20.7. The number of aryl methyl sites for hydroxylation is 1. The molecule has 6 rings (SSSR count). The standard InChI is InChI=1S/C59H76Cl2N6O16/c1-32(2)39(28-38(68)14-9-10-17-51(73)83-67-48(70)20-21-49(67)71)55(75)64-42(15-12-22-63-56(62)76)44(69)27-36-18-19-41(40(60)25-36)65-57(77)81-47-29-50(72)66(7)43-26-37(24-34(4)53(43)61)23-33(3)13-11-16-46(79-8)59(78)30-45(80-52(74)31-59)35(5)54-58(47,6)82-54/h11,13,16,18-19,24-26,32,35,39,42,45-47,54,78H,9-10,12,14-15,17,20-23,27-31H2,1-8H3,(H,64,75)(H,65,77)(H3,62,63,76)/b16-11+,33-13+/t35-,39+,42+,45+,46-,47+,54+,58+,59-/m1/s1. The highest BCUT2D eigenvalue weighted by Gasteiger charge is 2.64. The number of Topliss-reactive ketones (excluding diaryl/α,β-unsaturated/α-hetero) is 2. The predicted octanol–water partition coefficient (Wildman–Crippen LogP) is 7.02. The summed E-state index contributed by atoms with van der Waals surface area (Å²) in [6.07, 6.45) is 0.621. The molecule has 4 heterocycles. The van der Waals surface area contributed by atoms with E-state index in [1.165, 1.54) is 24.1 Å². The molecule has 7 amide bonds. The average molecular weight is 1200 g/mol. The minimum absolute atomic E-state index is 0.00666. The Kier molecular flexibility index (Phi) is 22.6. The Bertz CT molecular complexity index is 2880. The number of unbranched alkanes of at least 4 members (excludes halogenated alkanes) is 1. The Labute approximate surface area is 492 Å². The SMILES string of the molecule is CO[C@@H]1/C=C/C=C(\C)Cc2cc(C)c(Cl)c(c2)N(C)C(=O)C[C@H](OC(=O)Nc2ccc(CC(=O)[C@H](CCCNC(N)=O)NC(=O)[C@@H](CC(=O)CCCCC(=O)ON3C(=O)CCC3=O)C(C)C)cc2Cl)[C@]2(C)O[C@H]2[C@H](C)[C@@H]2C[C@@]1(O)CC(=O)O2. The zero-order valence-corrected chi connectivity index (χ0v) is 49.7. The molecule has 0 aromatic heterocycles. The highest BCUT2D eigenvalue weighted by molar-refractivity contribution is 6.34. The fraction of sp³-hybridized carbons (Fsp3) is 0.559. The number of nitrogens with zero attached hydrogens (tertiary/aromatic N) is 2. The number of ketones is 2. The number of hydroxylamine groups is 2. The molecular weight excluding hydrogens is 1120 g/mol. The molecule has 0 unspecified atom stereocenters. The van der Waals surface area contributed by atoms with Crippen molar-refractivity contribution < 1.29 is 76.8 Å². The third kappa shape index (κ3) is 17.4. The predicted molar refractivity (Wildman–Crippen MR) is 305 cm³/mol. The number of imide groups is 1. The normalized spacial score (nSPS) is 25.5. The summed E-state index contributed by atoms with van der Waals surface area (Å²) in [7, 11) is 3.02. The van der Waals surface area contributed by atoms with Crippen LogP contribution in [0.2, 0.25) is 10.0 Å². The van der Waals surface area contributed by atoms with Crippen LogP contribution in [0, 0.1) is 24.7 Å². The maximum Gasteiger partial charge on any atom is 0.412 e. The molecule has 0 spiro atoms. The van der Waals surface area contributed by atoms with Gasteiger partial charge in [0.2, 0.25) is 11.8 Å². The van der Waals surface area contributed by atoms with Crippen LogP contribution in [0.15, 0.2) is 54.1 Å². The summed E-state index contributed by atoms with van der Waals surface area (Å²) in [5.41, 5.74) is 5.74. The number of primary amides is 1. The smallest absolute Gasteiger partial charge is 0.412 e. The third-order valence-electron chi connectivity index (χ3n) is 15.6. The number of anilines is 2. The van der Waals surface area contributed by atoms with Crippen LogP contribution < -0.4 is 26.6 Å². The number of amides is 7. The van der Waals surface area contributed by atoms with Gasteiger partial charge >= 0.3 is 24.1 Å². The molecule has 24 heteroatoms. The molecule has 452 valence electrons. The number of methoxy groups -OCH3 is 1. The zero-order valence-electron chi connectivity index (χ0n) is 48.1. The first-order valence-electron chi connectivity index (χ1n) is 27.9. The lowest BCUT2D eigenvalue weighted by molar-refractivity contribution is -0.197. The number of rotatable bonds is 21. The van der Waals surface area contributed by atoms with Crippen LogP contribution in [-0.4, -0.2) is 132 Å². The number of nitrogens with two attached hydrogens (primary N) is 1. The second kappa shape index (κ2) is 28.7. The molecule has 0 radical (unpaired) electrons. The number of esters is 1. The Morgan fingerprint density at radius 1 is 0.964 bits per heavy atom. The summed E-state index contributed by atoms with van der Waals surface area (Å²) in [6, 6.07) is 6.34. The van der Waals surface area contributed by atoms with E-state index < -0.39 is 107 Å². The summed E-state index contributed by atoms with van der Waals surface area (Å²) in [6.45, 7) is 10.9. The van der Waals surface area contributed by atoms with Gasteiger partial charge in [-0.2, -0.15) is 0 Å². The second-order valence-corrected chi connectivity index (χ2v) is 23.3. The molecule has 9 atom stereocenters. The molecule has 3 saturated heterocycles. The van der Waals surface area contributed by atoms with E-state index in [1.807, 2.05) is 32.1 Å². The first kappa shape index (κ1) is 65.4. The Morgan fingerprint density at radius 3 is 2.33 bits per heavy atom. The fourth-order valence-electron chi connectivity index (χ4n) is 10.7. The fourth-order valence-corrected chi connectivity index (χ4v) is 11.2. The Morgan fingerprint density at radius 2 is 1.66 bits per heavy atom. The van der Waals surface area contributed by atoms with Crippen LogP contribution in [0.1, 0.15) is 128 Å². The Hall–Kier alpha value is -6.72. The van der Waals surface area contributed by atoms with Gasteiger partial charge in [0.15, 0.2) is 5.78 Å². The Balaban J connectivity index is 1.14. The van der Waals surface area contributed by atoms with Gasteiger partial charge in [0, 0.05) is 77.5 Å². The van der Waals surface area contributed by atoms with E-state index in [4.69, 9.17) is 52.7 Å². The van der Waals surface area contributed by atoms with Gasteiger partial charge < -0.3 is 50.2 Å². The van der Waals surface area contributed by atoms with Gasteiger partial charge in [-0.25, -0.2) is 14.4 Å². The summed E-state index contributed by atoms with van der Waals surface area (Å²) < 4.78 is 24.0. The van der Waals surface area contributed by atoms with Crippen LogP contribution in [0.5, 0.6) is 0 Å². The van der Waals surface area contributed by atoms with E-state index >= 15 is 0 Å². The van der Waals surface area contributed by atoms with Crippen LogP contribution in [0.4, 0.5) is 21.0 Å². The molecule has 83 heavy (non-hydrogen) atoms. The van der Waals surface area contributed by atoms with E-state index in [0.717, 1.165) is 16.7 Å². The van der Waals surface area contributed by atoms with Gasteiger partial charge in [0.05, 0.1) is 46.4 Å². The van der Waals surface area contributed by atoms with Gasteiger partial charge in [-0.05, 0) is 93.7 Å². The number of hydrogen-bond acceptors (Lipinski definition) is 16. The lowest BCUT2D eigenvalue weighted by atomic mass is 9.78. The number of fused-ring (bicyclic) bond motifs is 5. The van der Waals surface area contributed by atoms with E-state index in [0.29, 0.717) is 27.8 Å². The molecule has 0 saturated carbocycles. The van der Waals surface area contributed by atoms with Crippen LogP contribution in [0.25, 0.3) is 0 Å². The molecule has 4 aliphatic rings. The first-order valence-corrected chi connectivity index (χ1v) is 28.6. The molecule has 6 N–H and O–H groups in total. The quantitative estimate of drug-likeness (QED) is 0.0363. The number of allylic oxidation sites excluding steroid dienone is 3. The van der Waals surface area contributed by atoms with Crippen molar-refractivity contribution in [1.29, 1.82) is 0 Å². The van der Waals surface area contributed by atoms with Crippen molar-refractivity contribution in [3.05, 3.63) is 80.9 Å². The molecule has 3 fully saturated rings. The second-order valence-electron chi connectivity index (χ2n) is 22.5. The molecule has 2 aromatic rings. The molecular formula is C59H76Cl2N6O16. The maximum atomic E-state index is 14.4. The van der Waals surface area contributed by atoms with Gasteiger partial charge in [-0.1, -0.05) is 79.9 Å². The number of hydrogen-bond donors (Lipinski definition) is 5. The third-order valence-corrected chi connectivity index (χ3v) is 16.5. The van der Waals surface area contributed by atoms with Gasteiger partial charge in [0.25, 0.3) is 11.8 Å². The topological polar surface area (TPSA) is 309 Å². The number of carbonyl (C=O) groups is 10. The highest BCUT2D eigenvalue weighted by Crippen LogP contribution is 2.50. The van der Waals surface area contributed by atoms with Crippen molar-refractivity contribution in [1.82, 2.24) is 15.7 Å². The number of urea groups is 1.